The largest absolute Gasteiger partial charge is 0.453 e. The van der Waals surface area contributed by atoms with Crippen LogP contribution >= 0.6 is 0 Å². The highest BCUT2D eigenvalue weighted by Crippen LogP contribution is 2.22. The molecule has 0 radical (unpaired) electrons. The van der Waals surface area contributed by atoms with Crippen LogP contribution in [0, 0.1) is 5.92 Å². The van der Waals surface area contributed by atoms with Crippen LogP contribution in [-0.2, 0) is 9.53 Å². The molecule has 0 aromatic carbocycles. The first-order valence-corrected chi connectivity index (χ1v) is 6.66. The van der Waals surface area contributed by atoms with Crippen molar-refractivity contribution in [3.05, 3.63) is 0 Å². The maximum absolute atomic E-state index is 11.6. The van der Waals surface area contributed by atoms with Gasteiger partial charge in [-0.05, 0) is 18.8 Å². The number of carbonyl (C=O) groups is 2. The Kier molecular flexibility index (Phi) is 5.95. The van der Waals surface area contributed by atoms with Crippen LogP contribution in [0.15, 0.2) is 0 Å². The Morgan fingerprint density at radius 1 is 1.39 bits per heavy atom. The Morgan fingerprint density at radius 2 is 2.11 bits per heavy atom. The van der Waals surface area contributed by atoms with Crippen LogP contribution < -0.4 is 5.32 Å². The first-order valence-electron chi connectivity index (χ1n) is 6.66. The van der Waals surface area contributed by atoms with E-state index >= 15 is 0 Å². The number of hydrogen-bond acceptors (Lipinski definition) is 3. The van der Waals surface area contributed by atoms with Crippen LogP contribution in [0.4, 0.5) is 4.79 Å². The lowest BCUT2D eigenvalue weighted by Crippen LogP contribution is -2.52. The van der Waals surface area contributed by atoms with Gasteiger partial charge in [0.15, 0.2) is 0 Å². The smallest absolute Gasteiger partial charge is 0.409 e. The molecule has 1 heterocycles. The fourth-order valence-electron chi connectivity index (χ4n) is 2.58. The third-order valence-electron chi connectivity index (χ3n) is 3.34. The van der Waals surface area contributed by atoms with Gasteiger partial charge in [-0.1, -0.05) is 19.8 Å². The molecule has 1 rings (SSSR count). The number of rotatable bonds is 4. The van der Waals surface area contributed by atoms with E-state index in [9.17, 15) is 9.59 Å². The van der Waals surface area contributed by atoms with E-state index in [1.165, 1.54) is 14.0 Å². The molecule has 2 atom stereocenters. The van der Waals surface area contributed by atoms with Crippen LogP contribution in [0.1, 0.15) is 39.5 Å². The lowest BCUT2D eigenvalue weighted by molar-refractivity contribution is -0.120. The SMILES string of the molecule is CCCCC1CC(NC(C)=O)CN(C(=O)OC)C1. The molecule has 1 aliphatic heterocycles. The van der Waals surface area contributed by atoms with Gasteiger partial charge < -0.3 is 15.0 Å². The zero-order valence-electron chi connectivity index (χ0n) is 11.6. The number of unbranched alkanes of at least 4 members (excludes halogenated alkanes) is 1. The van der Waals surface area contributed by atoms with Crippen molar-refractivity contribution in [1.29, 1.82) is 0 Å². The van der Waals surface area contributed by atoms with Crippen molar-refractivity contribution in [1.82, 2.24) is 10.2 Å². The number of amides is 2. The molecule has 0 bridgehead atoms. The molecular formula is C13H24N2O3. The molecule has 1 N–H and O–H groups in total. The Bertz CT molecular complexity index is 294. The number of methoxy groups -OCH3 is 1. The molecule has 18 heavy (non-hydrogen) atoms. The second-order valence-corrected chi connectivity index (χ2v) is 5.02. The first kappa shape index (κ1) is 14.8. The van der Waals surface area contributed by atoms with Crippen molar-refractivity contribution in [2.24, 2.45) is 5.92 Å². The summed E-state index contributed by atoms with van der Waals surface area (Å²) < 4.78 is 4.77. The average molecular weight is 256 g/mol. The number of nitrogens with one attached hydrogen (secondary N) is 1. The van der Waals surface area contributed by atoms with Gasteiger partial charge in [0.05, 0.1) is 7.11 Å². The average Bonchev–Trinajstić information content (AvgIpc) is 2.34. The van der Waals surface area contributed by atoms with E-state index < -0.39 is 0 Å². The summed E-state index contributed by atoms with van der Waals surface area (Å²) in [7, 11) is 1.39. The van der Waals surface area contributed by atoms with E-state index in [0.29, 0.717) is 12.5 Å². The van der Waals surface area contributed by atoms with E-state index in [1.54, 1.807) is 4.90 Å². The second-order valence-electron chi connectivity index (χ2n) is 5.02. The number of likely N-dealkylation sites (tertiary alicyclic amines) is 1. The Labute approximate surface area is 109 Å². The summed E-state index contributed by atoms with van der Waals surface area (Å²) in [5.74, 6) is 0.413. The van der Waals surface area contributed by atoms with Gasteiger partial charge in [0.25, 0.3) is 0 Å². The van der Waals surface area contributed by atoms with Crippen LogP contribution in [0.5, 0.6) is 0 Å². The van der Waals surface area contributed by atoms with E-state index in [2.05, 4.69) is 12.2 Å². The van der Waals surface area contributed by atoms with Gasteiger partial charge >= 0.3 is 6.09 Å². The lowest BCUT2D eigenvalue weighted by atomic mass is 9.90. The van der Waals surface area contributed by atoms with E-state index in [-0.39, 0.29) is 18.0 Å². The number of carbonyl (C=O) groups excluding carboxylic acids is 2. The van der Waals surface area contributed by atoms with Crippen molar-refractivity contribution in [3.63, 3.8) is 0 Å². The Hall–Kier alpha value is -1.26. The molecule has 5 heteroatoms. The fourth-order valence-corrected chi connectivity index (χ4v) is 2.58. The van der Waals surface area contributed by atoms with E-state index in [1.807, 2.05) is 0 Å². The van der Waals surface area contributed by atoms with Crippen molar-refractivity contribution in [3.8, 4) is 0 Å². The third kappa shape index (κ3) is 4.55. The molecule has 1 fully saturated rings. The number of ether oxygens (including phenoxy) is 1. The molecule has 5 nitrogen and oxygen atoms in total. The predicted octanol–water partition coefficient (Wildman–Crippen LogP) is 1.77. The zero-order chi connectivity index (χ0) is 13.5. The van der Waals surface area contributed by atoms with Gasteiger partial charge in [0.2, 0.25) is 5.91 Å². The monoisotopic (exact) mass is 256 g/mol. The maximum atomic E-state index is 11.6. The van der Waals surface area contributed by atoms with Gasteiger partial charge in [-0.3, -0.25) is 4.79 Å². The molecule has 0 aromatic heterocycles. The molecule has 0 aliphatic carbocycles. The van der Waals surface area contributed by atoms with Crippen LogP contribution in [0.2, 0.25) is 0 Å². The van der Waals surface area contributed by atoms with Gasteiger partial charge in [0, 0.05) is 26.1 Å². The first-order chi connectivity index (χ1) is 8.56. The highest BCUT2D eigenvalue weighted by Gasteiger charge is 2.30. The molecule has 0 spiro atoms. The normalized spacial score (nSPS) is 23.6. The minimum absolute atomic E-state index is 0.0408. The summed E-state index contributed by atoms with van der Waals surface area (Å²) >= 11 is 0. The molecule has 2 unspecified atom stereocenters. The maximum Gasteiger partial charge on any atom is 0.409 e. The summed E-state index contributed by atoms with van der Waals surface area (Å²) in [5, 5.41) is 2.91. The summed E-state index contributed by atoms with van der Waals surface area (Å²) in [5.41, 5.74) is 0. The van der Waals surface area contributed by atoms with Gasteiger partial charge in [-0.2, -0.15) is 0 Å². The summed E-state index contributed by atoms with van der Waals surface area (Å²) in [6.07, 6.45) is 4.06. The van der Waals surface area contributed by atoms with Crippen molar-refractivity contribution in [2.75, 3.05) is 20.2 Å². The number of nitrogens with zero attached hydrogens (tertiary/aromatic N) is 1. The highest BCUT2D eigenvalue weighted by atomic mass is 16.5. The van der Waals surface area contributed by atoms with E-state index in [0.717, 1.165) is 32.2 Å². The third-order valence-corrected chi connectivity index (χ3v) is 3.34. The Morgan fingerprint density at radius 3 is 2.67 bits per heavy atom. The second kappa shape index (κ2) is 7.24. The quantitative estimate of drug-likeness (QED) is 0.834. The van der Waals surface area contributed by atoms with Gasteiger partial charge in [-0.25, -0.2) is 4.79 Å². The number of piperidine rings is 1. The summed E-state index contributed by atoms with van der Waals surface area (Å²) in [6, 6.07) is 0.0530. The van der Waals surface area contributed by atoms with Crippen LogP contribution in [-0.4, -0.2) is 43.1 Å². The topological polar surface area (TPSA) is 58.6 Å². The molecule has 104 valence electrons. The standard InChI is InChI=1S/C13H24N2O3/c1-4-5-6-11-7-12(14-10(2)16)9-15(8-11)13(17)18-3/h11-12H,4-9H2,1-3H3,(H,14,16). The summed E-state index contributed by atoms with van der Waals surface area (Å²) in [4.78, 5) is 24.4. The van der Waals surface area contributed by atoms with E-state index in [4.69, 9.17) is 4.74 Å². The molecule has 0 aromatic rings. The molecule has 1 saturated heterocycles. The van der Waals surface area contributed by atoms with Gasteiger partial charge in [0.1, 0.15) is 0 Å². The van der Waals surface area contributed by atoms with Crippen molar-refractivity contribution >= 4 is 12.0 Å². The molecular weight excluding hydrogens is 232 g/mol. The molecule has 1 aliphatic rings. The minimum Gasteiger partial charge on any atom is -0.453 e. The zero-order valence-corrected chi connectivity index (χ0v) is 11.6. The predicted molar refractivity (Wildman–Crippen MR) is 69.2 cm³/mol. The Balaban J connectivity index is 2.59. The molecule has 0 saturated carbocycles. The van der Waals surface area contributed by atoms with Gasteiger partial charge in [-0.15, -0.1) is 0 Å². The van der Waals surface area contributed by atoms with Crippen LogP contribution in [0.3, 0.4) is 0 Å². The molecule has 2 amide bonds. The highest BCUT2D eigenvalue weighted by molar-refractivity contribution is 5.73. The lowest BCUT2D eigenvalue weighted by Gasteiger charge is -2.37. The van der Waals surface area contributed by atoms with Crippen molar-refractivity contribution < 1.29 is 14.3 Å². The minimum atomic E-state index is -0.299. The van der Waals surface area contributed by atoms with Crippen LogP contribution in [0.25, 0.3) is 0 Å². The fraction of sp³-hybridized carbons (Fsp3) is 0.846. The number of hydrogen-bond donors (Lipinski definition) is 1. The summed E-state index contributed by atoms with van der Waals surface area (Å²) in [6.45, 7) is 4.96. The van der Waals surface area contributed by atoms with Crippen molar-refractivity contribution in [2.45, 2.75) is 45.6 Å².